The number of carbonyl (C=O) groups is 2. The standard InChI is InChI=1S/C48H95NO3S2/c1-6-10-14-18-20-28-37-45(35-26-16-12-8-3)47(50)53-43-32-24-22-30-39-49(41-34-42-52-5)40-31-23-25-33-44-54-48(51)46(36-27-17-13-9-4)38-29-21-19-15-11-7-2/h45-46H,6-44H2,1-5H3. The normalized spacial score (nSPS) is 12.9. The Labute approximate surface area is 347 Å². The molecule has 6 heteroatoms. The SMILES string of the molecule is CCCCCCCCC(CCCCCC)C(=O)SCCCCCCN(CCCCCCSC(=O)C(CCCCCC)CCCCCCCC)CCCOC. The molecular formula is C48H95NO3S2. The van der Waals surface area contributed by atoms with Crippen molar-refractivity contribution in [3.8, 4) is 0 Å². The van der Waals surface area contributed by atoms with Gasteiger partial charge in [-0.2, -0.15) is 0 Å². The van der Waals surface area contributed by atoms with E-state index in [9.17, 15) is 9.59 Å². The van der Waals surface area contributed by atoms with Crippen molar-refractivity contribution in [3.05, 3.63) is 0 Å². The second kappa shape index (κ2) is 44.1. The van der Waals surface area contributed by atoms with Crippen LogP contribution in [0.5, 0.6) is 0 Å². The maximum Gasteiger partial charge on any atom is 0.192 e. The van der Waals surface area contributed by atoms with E-state index in [-0.39, 0.29) is 11.8 Å². The summed E-state index contributed by atoms with van der Waals surface area (Å²) in [6, 6.07) is 0. The molecule has 0 saturated carbocycles. The highest BCUT2D eigenvalue weighted by molar-refractivity contribution is 8.13. The van der Waals surface area contributed by atoms with Gasteiger partial charge in [-0.05, 0) is 70.9 Å². The Morgan fingerprint density at radius 2 is 0.704 bits per heavy atom. The zero-order valence-corrected chi connectivity index (χ0v) is 38.9. The van der Waals surface area contributed by atoms with Crippen molar-refractivity contribution in [3.63, 3.8) is 0 Å². The van der Waals surface area contributed by atoms with Crippen LogP contribution in [0.4, 0.5) is 0 Å². The van der Waals surface area contributed by atoms with Crippen molar-refractivity contribution in [2.45, 2.75) is 240 Å². The second-order valence-electron chi connectivity index (χ2n) is 16.6. The molecule has 0 N–H and O–H groups in total. The molecule has 0 aliphatic heterocycles. The van der Waals surface area contributed by atoms with E-state index < -0.39 is 0 Å². The number of thioether (sulfide) groups is 2. The van der Waals surface area contributed by atoms with E-state index in [4.69, 9.17) is 4.74 Å². The monoisotopic (exact) mass is 798 g/mol. The molecule has 0 rings (SSSR count). The Kier molecular flexibility index (Phi) is 44.0. The topological polar surface area (TPSA) is 46.6 Å². The van der Waals surface area contributed by atoms with Crippen LogP contribution >= 0.6 is 23.5 Å². The van der Waals surface area contributed by atoms with Crippen molar-refractivity contribution in [2.24, 2.45) is 11.8 Å². The molecule has 54 heavy (non-hydrogen) atoms. The first kappa shape index (κ1) is 54.0. The van der Waals surface area contributed by atoms with Crippen LogP contribution in [0.1, 0.15) is 240 Å². The Bertz CT molecular complexity index is 723. The van der Waals surface area contributed by atoms with Crippen molar-refractivity contribution in [1.82, 2.24) is 4.90 Å². The summed E-state index contributed by atoms with van der Waals surface area (Å²) in [6.45, 7) is 13.4. The minimum atomic E-state index is 0.289. The van der Waals surface area contributed by atoms with Crippen LogP contribution in [0.2, 0.25) is 0 Å². The molecule has 0 amide bonds. The van der Waals surface area contributed by atoms with Gasteiger partial charge in [0.15, 0.2) is 10.2 Å². The van der Waals surface area contributed by atoms with Crippen LogP contribution in [0, 0.1) is 11.8 Å². The van der Waals surface area contributed by atoms with Crippen LogP contribution in [0.3, 0.4) is 0 Å². The lowest BCUT2D eigenvalue weighted by atomic mass is 9.95. The largest absolute Gasteiger partial charge is 0.385 e. The number of unbranched alkanes of at least 4 members (excludes halogenated alkanes) is 22. The summed E-state index contributed by atoms with van der Waals surface area (Å²) in [6.07, 6.45) is 41.2. The average molecular weight is 798 g/mol. The van der Waals surface area contributed by atoms with Crippen LogP contribution in [-0.2, 0) is 14.3 Å². The van der Waals surface area contributed by atoms with Gasteiger partial charge >= 0.3 is 0 Å². The second-order valence-corrected chi connectivity index (χ2v) is 18.8. The van der Waals surface area contributed by atoms with E-state index in [1.807, 2.05) is 7.11 Å². The Hall–Kier alpha value is -0.0400. The fourth-order valence-electron chi connectivity index (χ4n) is 7.67. The van der Waals surface area contributed by atoms with Crippen LogP contribution in [-0.4, -0.2) is 60.0 Å². The van der Waals surface area contributed by atoms with Crippen molar-refractivity contribution in [1.29, 1.82) is 0 Å². The zero-order chi connectivity index (χ0) is 39.6. The molecule has 0 aromatic rings. The fourth-order valence-corrected chi connectivity index (χ4v) is 9.71. The summed E-state index contributed by atoms with van der Waals surface area (Å²) in [5, 5.41) is 0.972. The van der Waals surface area contributed by atoms with Gasteiger partial charge in [-0.1, -0.05) is 205 Å². The molecule has 322 valence electrons. The number of methoxy groups -OCH3 is 1. The van der Waals surface area contributed by atoms with E-state index in [0.717, 1.165) is 56.8 Å². The molecule has 2 unspecified atom stereocenters. The van der Waals surface area contributed by atoms with Gasteiger partial charge in [0.1, 0.15) is 0 Å². The molecule has 0 aromatic heterocycles. The molecule has 0 aromatic carbocycles. The van der Waals surface area contributed by atoms with Gasteiger partial charge in [0.25, 0.3) is 0 Å². The lowest BCUT2D eigenvalue weighted by molar-refractivity contribution is -0.115. The zero-order valence-electron chi connectivity index (χ0n) is 37.2. The lowest BCUT2D eigenvalue weighted by Gasteiger charge is -2.22. The number of carbonyl (C=O) groups excluding carboxylic acids is 2. The molecule has 0 spiro atoms. The molecule has 0 radical (unpaired) electrons. The van der Waals surface area contributed by atoms with Crippen LogP contribution in [0.25, 0.3) is 0 Å². The highest BCUT2D eigenvalue weighted by Crippen LogP contribution is 2.27. The quantitative estimate of drug-likeness (QED) is 0.0572. The fraction of sp³-hybridized carbons (Fsp3) is 0.958. The van der Waals surface area contributed by atoms with E-state index in [2.05, 4.69) is 32.6 Å². The summed E-state index contributed by atoms with van der Waals surface area (Å²) in [5.41, 5.74) is 0. The summed E-state index contributed by atoms with van der Waals surface area (Å²) < 4.78 is 5.37. The molecule has 0 bridgehead atoms. The third-order valence-corrected chi connectivity index (χ3v) is 13.6. The molecule has 0 fully saturated rings. The Morgan fingerprint density at radius 1 is 0.407 bits per heavy atom. The van der Waals surface area contributed by atoms with Gasteiger partial charge in [-0.25, -0.2) is 0 Å². The van der Waals surface area contributed by atoms with Gasteiger partial charge in [0.05, 0.1) is 0 Å². The summed E-state index contributed by atoms with van der Waals surface area (Å²) in [4.78, 5) is 29.0. The Balaban J connectivity index is 4.36. The van der Waals surface area contributed by atoms with Crippen LogP contribution < -0.4 is 0 Å². The van der Waals surface area contributed by atoms with Crippen molar-refractivity contribution in [2.75, 3.05) is 44.9 Å². The first-order valence-electron chi connectivity index (χ1n) is 24.1. The highest BCUT2D eigenvalue weighted by Gasteiger charge is 2.19. The number of hydrogen-bond donors (Lipinski definition) is 0. The van der Waals surface area contributed by atoms with E-state index >= 15 is 0 Å². The molecule has 0 aliphatic carbocycles. The predicted molar refractivity (Wildman–Crippen MR) is 245 cm³/mol. The van der Waals surface area contributed by atoms with Gasteiger partial charge in [-0.3, -0.25) is 9.59 Å². The molecule has 0 saturated heterocycles. The number of hydrogen-bond acceptors (Lipinski definition) is 6. The smallest absolute Gasteiger partial charge is 0.192 e. The van der Waals surface area contributed by atoms with Crippen molar-refractivity contribution >= 4 is 33.8 Å². The van der Waals surface area contributed by atoms with E-state index in [1.165, 1.54) is 193 Å². The third kappa shape index (κ3) is 36.3. The summed E-state index contributed by atoms with van der Waals surface area (Å²) >= 11 is 3.29. The van der Waals surface area contributed by atoms with Crippen LogP contribution in [0.15, 0.2) is 0 Å². The molecule has 4 nitrogen and oxygen atoms in total. The molecule has 0 heterocycles. The molecular weight excluding hydrogens is 703 g/mol. The van der Waals surface area contributed by atoms with Gasteiger partial charge in [0.2, 0.25) is 0 Å². The first-order valence-corrected chi connectivity index (χ1v) is 26.0. The van der Waals surface area contributed by atoms with Gasteiger partial charge < -0.3 is 9.64 Å². The summed E-state index contributed by atoms with van der Waals surface area (Å²) in [5.74, 6) is 2.58. The lowest BCUT2D eigenvalue weighted by Crippen LogP contribution is -2.28. The van der Waals surface area contributed by atoms with Gasteiger partial charge in [-0.15, -0.1) is 0 Å². The van der Waals surface area contributed by atoms with Gasteiger partial charge in [0, 0.05) is 43.6 Å². The Morgan fingerprint density at radius 3 is 1.07 bits per heavy atom. The minimum absolute atomic E-state index is 0.289. The molecule has 2 atom stereocenters. The maximum atomic E-state index is 13.2. The summed E-state index contributed by atoms with van der Waals surface area (Å²) in [7, 11) is 1.81. The maximum absolute atomic E-state index is 13.2. The number of rotatable bonds is 44. The first-order chi connectivity index (χ1) is 26.5. The minimum Gasteiger partial charge on any atom is -0.385 e. The van der Waals surface area contributed by atoms with Crippen molar-refractivity contribution < 1.29 is 14.3 Å². The number of nitrogens with zero attached hydrogens (tertiary/aromatic N) is 1. The van der Waals surface area contributed by atoms with E-state index in [0.29, 0.717) is 10.2 Å². The highest BCUT2D eigenvalue weighted by atomic mass is 32.2. The van der Waals surface area contributed by atoms with E-state index in [1.54, 1.807) is 23.5 Å². The third-order valence-electron chi connectivity index (χ3n) is 11.3. The average Bonchev–Trinajstić information content (AvgIpc) is 3.17. The predicted octanol–water partition coefficient (Wildman–Crippen LogP) is 15.6. The molecule has 0 aliphatic rings. The number of ether oxygens (including phenoxy) is 1.